The standard InChI is InChI=1S/C37H46ClN3O5S/c1-7-19-39(25-13-15-27(16-14-25)46-9-3)34(43)30-29-17-18-37(47-29)31(30)35(44)41(26(22-42)21-23(4)5)33(37)36(45)40(20-8-2)32-24(6)11-10-12-28(32)38/h7-8,10-16,23,26,29-31,33,42H,1-2,9,17-22H2,3-6H3/t26-,29-,30+,31+,33?,37?/m1/s1. The van der Waals surface area contributed by atoms with Crippen LogP contribution in [0.1, 0.15) is 45.6 Å². The van der Waals surface area contributed by atoms with Crippen molar-refractivity contribution in [2.45, 2.75) is 69.0 Å². The predicted octanol–water partition coefficient (Wildman–Crippen LogP) is 6.28. The van der Waals surface area contributed by atoms with Gasteiger partial charge < -0.3 is 24.5 Å². The maximum atomic E-state index is 15.1. The number of aliphatic hydroxyl groups is 1. The highest BCUT2D eigenvalue weighted by Gasteiger charge is 2.74. The Bertz CT molecular complexity index is 1500. The summed E-state index contributed by atoms with van der Waals surface area (Å²) >= 11 is 8.33. The van der Waals surface area contributed by atoms with Crippen LogP contribution in [-0.4, -0.2) is 76.1 Å². The number of nitrogens with zero attached hydrogens (tertiary/aromatic N) is 3. The number of para-hydroxylation sites is 1. The maximum absolute atomic E-state index is 15.1. The number of carbonyl (C=O) groups excluding carboxylic acids is 3. The summed E-state index contributed by atoms with van der Waals surface area (Å²) in [6.07, 6.45) is 5.17. The topological polar surface area (TPSA) is 90.4 Å². The molecule has 3 amide bonds. The van der Waals surface area contributed by atoms with Gasteiger partial charge in [-0.2, -0.15) is 0 Å². The van der Waals surface area contributed by atoms with Gasteiger partial charge in [0.15, 0.2) is 0 Å². The minimum Gasteiger partial charge on any atom is -0.494 e. The van der Waals surface area contributed by atoms with Crippen molar-refractivity contribution < 1.29 is 24.2 Å². The lowest BCUT2D eigenvalue weighted by Crippen LogP contribution is -2.58. The van der Waals surface area contributed by atoms with Gasteiger partial charge >= 0.3 is 0 Å². The predicted molar refractivity (Wildman–Crippen MR) is 190 cm³/mol. The van der Waals surface area contributed by atoms with Crippen molar-refractivity contribution in [3.63, 3.8) is 0 Å². The Labute approximate surface area is 287 Å². The molecule has 2 bridgehead atoms. The van der Waals surface area contributed by atoms with Crippen LogP contribution in [-0.2, 0) is 14.4 Å². The third-order valence-electron chi connectivity index (χ3n) is 9.68. The van der Waals surface area contributed by atoms with Crippen molar-refractivity contribution in [3.05, 3.63) is 78.4 Å². The molecule has 5 rings (SSSR count). The van der Waals surface area contributed by atoms with Crippen LogP contribution in [0.4, 0.5) is 11.4 Å². The number of carbonyl (C=O) groups is 3. The molecule has 3 aliphatic rings. The first-order valence-electron chi connectivity index (χ1n) is 16.5. The molecular formula is C37H46ClN3O5S. The molecule has 47 heavy (non-hydrogen) atoms. The minimum absolute atomic E-state index is 0.128. The normalized spacial score (nSPS) is 25.1. The Kier molecular flexibility index (Phi) is 10.8. The van der Waals surface area contributed by atoms with Gasteiger partial charge in [0.05, 0.1) is 46.5 Å². The summed E-state index contributed by atoms with van der Waals surface area (Å²) in [5, 5.41) is 11.0. The van der Waals surface area contributed by atoms with Crippen molar-refractivity contribution in [1.82, 2.24) is 4.90 Å². The lowest BCUT2D eigenvalue weighted by atomic mass is 9.70. The number of hydrogen-bond donors (Lipinski definition) is 1. The lowest BCUT2D eigenvalue weighted by molar-refractivity contribution is -0.142. The van der Waals surface area contributed by atoms with E-state index in [0.717, 1.165) is 5.56 Å². The molecule has 1 spiro atoms. The van der Waals surface area contributed by atoms with Crippen LogP contribution in [0.15, 0.2) is 67.8 Å². The van der Waals surface area contributed by atoms with Gasteiger partial charge in [0, 0.05) is 24.0 Å². The first-order valence-corrected chi connectivity index (χ1v) is 17.7. The molecule has 1 N–H and O–H groups in total. The van der Waals surface area contributed by atoms with Crippen LogP contribution < -0.4 is 14.5 Å². The number of aryl methyl sites for hydroxylation is 1. The van der Waals surface area contributed by atoms with E-state index in [4.69, 9.17) is 16.3 Å². The Morgan fingerprint density at radius 2 is 1.81 bits per heavy atom. The number of fused-ring (bicyclic) bond motifs is 1. The molecule has 2 aromatic carbocycles. The Morgan fingerprint density at radius 3 is 2.40 bits per heavy atom. The molecule has 0 aromatic heterocycles. The van der Waals surface area contributed by atoms with Crippen LogP contribution in [0.5, 0.6) is 5.75 Å². The number of aliphatic hydroxyl groups excluding tert-OH is 1. The number of benzene rings is 2. The summed E-state index contributed by atoms with van der Waals surface area (Å²) in [4.78, 5) is 49.5. The molecule has 8 nitrogen and oxygen atoms in total. The molecule has 3 heterocycles. The van der Waals surface area contributed by atoms with Gasteiger partial charge in [0.25, 0.3) is 5.91 Å². The minimum atomic E-state index is -0.891. The second kappa shape index (κ2) is 14.5. The van der Waals surface area contributed by atoms with Crippen LogP contribution in [0.25, 0.3) is 0 Å². The lowest BCUT2D eigenvalue weighted by Gasteiger charge is -2.40. The van der Waals surface area contributed by atoms with E-state index in [-0.39, 0.29) is 48.6 Å². The highest BCUT2D eigenvalue weighted by atomic mass is 35.5. The molecule has 0 saturated carbocycles. The molecule has 2 aromatic rings. The van der Waals surface area contributed by atoms with Crippen molar-refractivity contribution in [1.29, 1.82) is 0 Å². The number of thioether (sulfide) groups is 1. The SMILES string of the molecule is C=CCN(C(=O)[C@@H]1[C@H]2C(=O)N([C@@H](CO)CC(C)C)C(C(=O)N(CC=C)c3c(C)cccc3Cl)C23CC[C@H]1S3)c1ccc(OCC)cc1. The van der Waals surface area contributed by atoms with Gasteiger partial charge in [0.1, 0.15) is 11.8 Å². The van der Waals surface area contributed by atoms with Gasteiger partial charge in [0.2, 0.25) is 11.8 Å². The van der Waals surface area contributed by atoms with E-state index in [1.807, 2.05) is 64.1 Å². The van der Waals surface area contributed by atoms with Crippen LogP contribution >= 0.6 is 23.4 Å². The van der Waals surface area contributed by atoms with Crippen LogP contribution in [0.3, 0.4) is 0 Å². The Hall–Kier alpha value is -3.27. The van der Waals surface area contributed by atoms with Crippen LogP contribution in [0, 0.1) is 24.7 Å². The molecule has 2 unspecified atom stereocenters. The van der Waals surface area contributed by atoms with Gasteiger partial charge in [-0.1, -0.05) is 49.7 Å². The van der Waals surface area contributed by atoms with E-state index in [9.17, 15) is 14.7 Å². The highest BCUT2D eigenvalue weighted by molar-refractivity contribution is 8.02. The molecule has 10 heteroatoms. The van der Waals surface area contributed by atoms with Crippen LogP contribution in [0.2, 0.25) is 5.02 Å². The number of anilines is 2. The summed E-state index contributed by atoms with van der Waals surface area (Å²) in [6, 6.07) is 11.4. The number of ether oxygens (including phenoxy) is 1. The molecule has 0 radical (unpaired) electrons. The number of halogens is 1. The summed E-state index contributed by atoms with van der Waals surface area (Å²) in [7, 11) is 0. The van der Waals surface area contributed by atoms with E-state index >= 15 is 4.79 Å². The van der Waals surface area contributed by atoms with Gasteiger partial charge in [-0.05, 0) is 74.9 Å². The maximum Gasteiger partial charge on any atom is 0.251 e. The second-order valence-corrected chi connectivity index (χ2v) is 15.1. The van der Waals surface area contributed by atoms with E-state index in [0.29, 0.717) is 48.0 Å². The number of likely N-dealkylation sites (tertiary alicyclic amines) is 1. The first kappa shape index (κ1) is 35.0. The molecule has 252 valence electrons. The molecule has 0 aliphatic carbocycles. The van der Waals surface area contributed by atoms with Crippen molar-refractivity contribution in [3.8, 4) is 5.75 Å². The van der Waals surface area contributed by atoms with Gasteiger partial charge in [-0.25, -0.2) is 0 Å². The average molecular weight is 680 g/mol. The smallest absolute Gasteiger partial charge is 0.251 e. The molecule has 6 atom stereocenters. The van der Waals surface area contributed by atoms with Gasteiger partial charge in [-0.3, -0.25) is 14.4 Å². The number of amides is 3. The number of hydrogen-bond acceptors (Lipinski definition) is 6. The zero-order valence-corrected chi connectivity index (χ0v) is 29.3. The van der Waals surface area contributed by atoms with Crippen molar-refractivity contribution in [2.24, 2.45) is 17.8 Å². The molecule has 3 fully saturated rings. The summed E-state index contributed by atoms with van der Waals surface area (Å²) < 4.78 is 4.78. The van der Waals surface area contributed by atoms with E-state index in [1.54, 1.807) is 44.7 Å². The monoisotopic (exact) mass is 679 g/mol. The molecular weight excluding hydrogens is 634 g/mol. The molecule has 3 saturated heterocycles. The van der Waals surface area contributed by atoms with Crippen molar-refractivity contribution >= 4 is 52.5 Å². The van der Waals surface area contributed by atoms with E-state index < -0.39 is 28.7 Å². The Morgan fingerprint density at radius 1 is 1.13 bits per heavy atom. The van der Waals surface area contributed by atoms with E-state index in [1.165, 1.54) is 0 Å². The summed E-state index contributed by atoms with van der Waals surface area (Å²) in [5.41, 5.74) is 2.09. The fraction of sp³-hybridized carbons (Fsp3) is 0.486. The third kappa shape index (κ3) is 6.22. The third-order valence-corrected chi connectivity index (χ3v) is 11.9. The fourth-order valence-corrected chi connectivity index (χ4v) is 10.4. The van der Waals surface area contributed by atoms with Gasteiger partial charge in [-0.15, -0.1) is 24.9 Å². The molecule has 3 aliphatic heterocycles. The zero-order chi connectivity index (χ0) is 34.0. The Balaban J connectivity index is 1.60. The van der Waals surface area contributed by atoms with E-state index in [2.05, 4.69) is 13.2 Å². The quantitative estimate of drug-likeness (QED) is 0.236. The fourth-order valence-electron chi connectivity index (χ4n) is 7.92. The highest BCUT2D eigenvalue weighted by Crippen LogP contribution is 2.67. The zero-order valence-electron chi connectivity index (χ0n) is 27.7. The average Bonchev–Trinajstić information content (AvgIpc) is 3.69. The number of rotatable bonds is 14. The first-order chi connectivity index (χ1) is 22.5. The summed E-state index contributed by atoms with van der Waals surface area (Å²) in [6.45, 7) is 16.4. The largest absolute Gasteiger partial charge is 0.494 e. The summed E-state index contributed by atoms with van der Waals surface area (Å²) in [5.74, 6) is -1.16. The van der Waals surface area contributed by atoms with Crippen molar-refractivity contribution in [2.75, 3.05) is 36.1 Å². The second-order valence-electron chi connectivity index (χ2n) is 13.1.